The number of fused-ring (bicyclic) bond motifs is 3. The average Bonchev–Trinajstić information content (AvgIpc) is 3.41. The molecule has 0 amide bonds. The maximum Gasteiger partial charge on any atom is 0.141 e. The van der Waals surface area contributed by atoms with Crippen LogP contribution in [0.4, 0.5) is 4.39 Å². The van der Waals surface area contributed by atoms with E-state index in [-0.39, 0.29) is 17.8 Å². The summed E-state index contributed by atoms with van der Waals surface area (Å²) in [6.07, 6.45) is 4.86. The van der Waals surface area contributed by atoms with Crippen molar-refractivity contribution in [2.45, 2.75) is 45.3 Å². The predicted molar refractivity (Wildman–Crippen MR) is 143 cm³/mol. The number of aromatic nitrogens is 6. The zero-order valence-corrected chi connectivity index (χ0v) is 22.0. The largest absolute Gasteiger partial charge is 0.386 e. The van der Waals surface area contributed by atoms with E-state index < -0.39 is 5.60 Å². The van der Waals surface area contributed by atoms with Crippen LogP contribution < -0.4 is 0 Å². The van der Waals surface area contributed by atoms with Gasteiger partial charge < -0.3 is 14.4 Å². The lowest BCUT2D eigenvalue weighted by atomic mass is 9.88. The second-order valence-electron chi connectivity index (χ2n) is 10.7. The number of pyridine rings is 2. The molecule has 4 aromatic heterocycles. The Morgan fingerprint density at radius 3 is 2.50 bits per heavy atom. The van der Waals surface area contributed by atoms with Crippen LogP contribution in [0.3, 0.4) is 0 Å². The maximum atomic E-state index is 14.0. The van der Waals surface area contributed by atoms with Crippen LogP contribution in [-0.4, -0.2) is 47.8 Å². The highest BCUT2D eigenvalue weighted by Gasteiger charge is 2.32. The molecule has 1 N–H and O–H groups in total. The third-order valence-corrected chi connectivity index (χ3v) is 7.66. The lowest BCUT2D eigenvalue weighted by molar-refractivity contribution is 0.0547. The molecule has 1 unspecified atom stereocenters. The van der Waals surface area contributed by atoms with Crippen LogP contribution in [0.25, 0.3) is 33.2 Å². The van der Waals surface area contributed by atoms with Gasteiger partial charge in [-0.3, -0.25) is 9.97 Å². The van der Waals surface area contributed by atoms with Crippen LogP contribution in [0.2, 0.25) is 0 Å². The first-order chi connectivity index (χ1) is 18.2. The Morgan fingerprint density at radius 1 is 1.05 bits per heavy atom. The summed E-state index contributed by atoms with van der Waals surface area (Å²) >= 11 is 0. The Bertz CT molecular complexity index is 1610. The van der Waals surface area contributed by atoms with Crippen LogP contribution in [0.1, 0.15) is 49.7 Å². The van der Waals surface area contributed by atoms with E-state index in [1.54, 1.807) is 24.6 Å². The molecule has 0 saturated carbocycles. The molecule has 0 spiro atoms. The molecular formula is C29H31FN6O2. The van der Waals surface area contributed by atoms with Gasteiger partial charge in [0.2, 0.25) is 0 Å². The maximum absolute atomic E-state index is 14.0. The number of aliphatic hydroxyl groups is 1. The summed E-state index contributed by atoms with van der Waals surface area (Å²) in [7, 11) is 1.87. The van der Waals surface area contributed by atoms with E-state index in [0.717, 1.165) is 63.0 Å². The molecule has 1 saturated heterocycles. The van der Waals surface area contributed by atoms with Gasteiger partial charge in [0.15, 0.2) is 0 Å². The van der Waals surface area contributed by atoms with Gasteiger partial charge >= 0.3 is 0 Å². The third kappa shape index (κ3) is 4.16. The smallest absolute Gasteiger partial charge is 0.141 e. The van der Waals surface area contributed by atoms with Gasteiger partial charge in [0.05, 0.1) is 51.5 Å². The third-order valence-electron chi connectivity index (χ3n) is 7.66. The van der Waals surface area contributed by atoms with Gasteiger partial charge in [-0.1, -0.05) is 17.3 Å². The molecule has 8 nitrogen and oxygen atoms in total. The van der Waals surface area contributed by atoms with E-state index in [1.165, 1.54) is 12.3 Å². The first-order valence-electron chi connectivity index (χ1n) is 12.9. The van der Waals surface area contributed by atoms with Crippen LogP contribution in [0, 0.1) is 18.7 Å². The molecule has 1 atom stereocenters. The highest BCUT2D eigenvalue weighted by Crippen LogP contribution is 2.41. The first kappa shape index (κ1) is 24.6. The van der Waals surface area contributed by atoms with Gasteiger partial charge in [-0.25, -0.2) is 9.07 Å². The molecule has 5 aromatic rings. The van der Waals surface area contributed by atoms with Crippen molar-refractivity contribution < 1.29 is 14.2 Å². The number of rotatable bonds is 5. The fraction of sp³-hybridized carbons (Fsp3) is 0.379. The minimum Gasteiger partial charge on any atom is -0.386 e. The summed E-state index contributed by atoms with van der Waals surface area (Å²) in [6.45, 7) is 6.83. The summed E-state index contributed by atoms with van der Waals surface area (Å²) in [5.41, 5.74) is 5.95. The van der Waals surface area contributed by atoms with Gasteiger partial charge in [-0.15, -0.1) is 5.10 Å². The van der Waals surface area contributed by atoms with E-state index in [2.05, 4.69) is 25.9 Å². The van der Waals surface area contributed by atoms with E-state index in [9.17, 15) is 9.50 Å². The summed E-state index contributed by atoms with van der Waals surface area (Å²) in [6, 6.07) is 11.2. The minimum absolute atomic E-state index is 0.181. The summed E-state index contributed by atoms with van der Waals surface area (Å²) in [5, 5.41) is 20.3. The Balaban J connectivity index is 1.69. The molecule has 0 radical (unpaired) electrons. The second-order valence-corrected chi connectivity index (χ2v) is 10.7. The SMILES string of the molecule is Cc1nnn(C)c1-c1cnc2c3ccc(C(C)(C)O)cc3n(C(c3ccc(F)cn3)C3CCOCC3)c2c1. The van der Waals surface area contributed by atoms with E-state index in [1.807, 2.05) is 38.4 Å². The minimum atomic E-state index is -1.02. The monoisotopic (exact) mass is 514 g/mol. The topological polar surface area (TPSA) is 90.9 Å². The Hall–Kier alpha value is -3.69. The number of benzene rings is 1. The van der Waals surface area contributed by atoms with Gasteiger partial charge in [0, 0.05) is 37.4 Å². The van der Waals surface area contributed by atoms with Crippen molar-refractivity contribution in [2.75, 3.05) is 13.2 Å². The highest BCUT2D eigenvalue weighted by molar-refractivity contribution is 6.07. The molecule has 1 aliphatic rings. The van der Waals surface area contributed by atoms with Crippen LogP contribution in [0.5, 0.6) is 0 Å². The quantitative estimate of drug-likeness (QED) is 0.352. The molecule has 1 fully saturated rings. The Labute approximate surface area is 220 Å². The Kier molecular flexibility index (Phi) is 6.00. The number of ether oxygens (including phenoxy) is 1. The van der Waals surface area contributed by atoms with Crippen molar-refractivity contribution in [1.82, 2.24) is 29.5 Å². The molecule has 6 rings (SSSR count). The van der Waals surface area contributed by atoms with Crippen LogP contribution >= 0.6 is 0 Å². The van der Waals surface area contributed by atoms with E-state index in [4.69, 9.17) is 9.72 Å². The molecule has 0 bridgehead atoms. The normalized spacial score (nSPS) is 15.9. The van der Waals surface area contributed by atoms with Gasteiger partial charge in [0.25, 0.3) is 0 Å². The van der Waals surface area contributed by atoms with Crippen LogP contribution in [-0.2, 0) is 17.4 Å². The fourth-order valence-corrected chi connectivity index (χ4v) is 5.75. The number of hydrogen-bond acceptors (Lipinski definition) is 6. The van der Waals surface area contributed by atoms with Crippen molar-refractivity contribution in [1.29, 1.82) is 0 Å². The van der Waals surface area contributed by atoms with Crippen LogP contribution in [0.15, 0.2) is 48.8 Å². The number of aryl methyl sites for hydroxylation is 2. The lowest BCUT2D eigenvalue weighted by Crippen LogP contribution is -2.27. The predicted octanol–water partition coefficient (Wildman–Crippen LogP) is 5.07. The van der Waals surface area contributed by atoms with Crippen molar-refractivity contribution in [3.8, 4) is 11.3 Å². The summed E-state index contributed by atoms with van der Waals surface area (Å²) < 4.78 is 23.7. The molecule has 0 aliphatic carbocycles. The molecular weight excluding hydrogens is 483 g/mol. The fourth-order valence-electron chi connectivity index (χ4n) is 5.75. The summed E-state index contributed by atoms with van der Waals surface area (Å²) in [5.74, 6) is -0.149. The zero-order chi connectivity index (χ0) is 26.6. The zero-order valence-electron chi connectivity index (χ0n) is 22.0. The second kappa shape index (κ2) is 9.25. The standard InChI is InChI=1S/C29H31FN6O2/c1-17-27(35(4)34-33-17)19-13-25-26(32-15-19)22-7-5-20(29(2,3)37)14-24(22)36(25)28(18-9-11-38-12-10-18)23-8-6-21(30)16-31-23/h5-8,13-16,18,28,37H,9-12H2,1-4H3. The van der Waals surface area contributed by atoms with Gasteiger partial charge in [-0.05, 0) is 69.4 Å². The lowest BCUT2D eigenvalue weighted by Gasteiger charge is -2.32. The number of hydrogen-bond donors (Lipinski definition) is 1. The number of halogens is 1. The van der Waals surface area contributed by atoms with Crippen molar-refractivity contribution >= 4 is 21.9 Å². The van der Waals surface area contributed by atoms with Crippen molar-refractivity contribution in [3.63, 3.8) is 0 Å². The highest BCUT2D eigenvalue weighted by atomic mass is 19.1. The average molecular weight is 515 g/mol. The van der Waals surface area contributed by atoms with E-state index in [0.29, 0.717) is 13.2 Å². The molecule has 196 valence electrons. The number of nitrogens with zero attached hydrogens (tertiary/aromatic N) is 6. The molecule has 1 aromatic carbocycles. The van der Waals surface area contributed by atoms with Crippen molar-refractivity contribution in [3.05, 3.63) is 71.6 Å². The van der Waals surface area contributed by atoms with Gasteiger partial charge in [-0.2, -0.15) is 0 Å². The van der Waals surface area contributed by atoms with Crippen molar-refractivity contribution in [2.24, 2.45) is 13.0 Å². The molecule has 9 heteroatoms. The van der Waals surface area contributed by atoms with E-state index >= 15 is 0 Å². The molecule has 5 heterocycles. The molecule has 1 aliphatic heterocycles. The molecule has 38 heavy (non-hydrogen) atoms. The first-order valence-corrected chi connectivity index (χ1v) is 12.9. The summed E-state index contributed by atoms with van der Waals surface area (Å²) in [4.78, 5) is 9.50. The Morgan fingerprint density at radius 2 is 1.84 bits per heavy atom. The van der Waals surface area contributed by atoms with Gasteiger partial charge in [0.1, 0.15) is 5.82 Å².